The van der Waals surface area contributed by atoms with E-state index in [-0.39, 0.29) is 18.1 Å². The molecule has 0 saturated heterocycles. The minimum atomic E-state index is -1.08. The first-order valence-corrected chi connectivity index (χ1v) is 7.96. The maximum atomic E-state index is 12.4. The van der Waals surface area contributed by atoms with Crippen LogP contribution in [0.5, 0.6) is 11.5 Å². The lowest BCUT2D eigenvalue weighted by Gasteiger charge is -2.11. The monoisotopic (exact) mass is 403 g/mol. The van der Waals surface area contributed by atoms with Crippen molar-refractivity contribution in [1.82, 2.24) is 0 Å². The molecule has 0 aliphatic heterocycles. The van der Waals surface area contributed by atoms with Crippen molar-refractivity contribution in [1.29, 1.82) is 0 Å². The van der Waals surface area contributed by atoms with Crippen LogP contribution < -0.4 is 9.47 Å². The van der Waals surface area contributed by atoms with Gasteiger partial charge in [0.1, 0.15) is 0 Å². The highest BCUT2D eigenvalue weighted by molar-refractivity contribution is 5.93. The van der Waals surface area contributed by atoms with Gasteiger partial charge in [-0.05, 0) is 24.6 Å². The number of nitro benzene ring substituents is 2. The topological polar surface area (TPSA) is 165 Å². The van der Waals surface area contributed by atoms with Crippen molar-refractivity contribution in [3.63, 3.8) is 0 Å². The molecule has 150 valence electrons. The Bertz CT molecular complexity index is 985. The number of non-ortho nitro benzene ring substituents is 2. The summed E-state index contributed by atoms with van der Waals surface area (Å²) in [7, 11) is 0. The Kier molecular flexibility index (Phi) is 6.53. The van der Waals surface area contributed by atoms with Crippen LogP contribution in [0.25, 0.3) is 6.08 Å². The van der Waals surface area contributed by atoms with E-state index >= 15 is 0 Å². The van der Waals surface area contributed by atoms with Crippen molar-refractivity contribution >= 4 is 23.4 Å². The van der Waals surface area contributed by atoms with Crippen LogP contribution in [0.15, 0.2) is 42.6 Å². The average Bonchev–Trinajstić information content (AvgIpc) is 2.67. The summed E-state index contributed by atoms with van der Waals surface area (Å²) in [5.74, 6) is -1.05. The minimum absolute atomic E-state index is 0.0655. The summed E-state index contributed by atoms with van der Waals surface area (Å²) in [5, 5.41) is 32.3. The van der Waals surface area contributed by atoms with Gasteiger partial charge in [0.2, 0.25) is 6.20 Å². The second-order valence-electron chi connectivity index (χ2n) is 5.38. The van der Waals surface area contributed by atoms with Gasteiger partial charge >= 0.3 is 5.97 Å². The van der Waals surface area contributed by atoms with Crippen LogP contribution in [0.1, 0.15) is 22.8 Å². The van der Waals surface area contributed by atoms with Crippen LogP contribution in [0.4, 0.5) is 11.4 Å². The number of hydrogen-bond acceptors (Lipinski definition) is 9. The van der Waals surface area contributed by atoms with E-state index in [1.54, 1.807) is 6.92 Å². The predicted molar refractivity (Wildman–Crippen MR) is 98.3 cm³/mol. The smallest absolute Gasteiger partial charge is 0.344 e. The second kappa shape index (κ2) is 9.03. The minimum Gasteiger partial charge on any atom is -0.490 e. The molecule has 0 saturated carbocycles. The first-order valence-electron chi connectivity index (χ1n) is 7.96. The number of carbonyl (C=O) groups excluding carboxylic acids is 1. The van der Waals surface area contributed by atoms with Crippen molar-refractivity contribution in [3.8, 4) is 11.5 Å². The van der Waals surface area contributed by atoms with Gasteiger partial charge < -0.3 is 9.47 Å². The molecule has 0 N–H and O–H groups in total. The lowest BCUT2D eigenvalue weighted by Crippen LogP contribution is -2.11. The fourth-order valence-corrected chi connectivity index (χ4v) is 2.21. The van der Waals surface area contributed by atoms with Gasteiger partial charge in [0.25, 0.3) is 11.4 Å². The highest BCUT2D eigenvalue weighted by Gasteiger charge is 2.22. The summed E-state index contributed by atoms with van der Waals surface area (Å²) in [6.45, 7) is 1.85. The molecule has 12 heteroatoms. The standard InChI is InChI=1S/C17H13N3O9/c1-2-28-16-7-11(5-6-18(22)23)3-4-15(16)29-17(21)12-8-13(19(24)25)10-14(9-12)20(26)27/h3-10H,2H2,1H3. The molecule has 0 unspecified atom stereocenters. The highest BCUT2D eigenvalue weighted by atomic mass is 16.6. The maximum Gasteiger partial charge on any atom is 0.344 e. The summed E-state index contributed by atoms with van der Waals surface area (Å²) < 4.78 is 10.5. The van der Waals surface area contributed by atoms with Gasteiger partial charge in [0.15, 0.2) is 11.5 Å². The van der Waals surface area contributed by atoms with E-state index < -0.39 is 37.7 Å². The first kappa shape index (κ1) is 21.0. The molecule has 0 heterocycles. The lowest BCUT2D eigenvalue weighted by molar-refractivity contribution is -0.400. The molecule has 0 spiro atoms. The van der Waals surface area contributed by atoms with E-state index in [0.29, 0.717) is 5.56 Å². The average molecular weight is 403 g/mol. The summed E-state index contributed by atoms with van der Waals surface area (Å²) >= 11 is 0. The van der Waals surface area contributed by atoms with Gasteiger partial charge in [-0.3, -0.25) is 30.3 Å². The van der Waals surface area contributed by atoms with Gasteiger partial charge in [-0.1, -0.05) is 6.07 Å². The zero-order valence-electron chi connectivity index (χ0n) is 14.8. The van der Waals surface area contributed by atoms with Gasteiger partial charge in [-0.15, -0.1) is 0 Å². The number of carbonyl (C=O) groups is 1. The quantitative estimate of drug-likeness (QED) is 0.278. The van der Waals surface area contributed by atoms with E-state index in [1.807, 2.05) is 0 Å². The molecule has 0 fully saturated rings. The molecule has 2 aromatic rings. The predicted octanol–water partition coefficient (Wildman–Crippen LogP) is 3.37. The molecule has 0 atom stereocenters. The molecule has 0 amide bonds. The number of ether oxygens (including phenoxy) is 2. The lowest BCUT2D eigenvalue weighted by atomic mass is 10.1. The van der Waals surface area contributed by atoms with Gasteiger partial charge in [0.05, 0.1) is 33.0 Å². The van der Waals surface area contributed by atoms with Gasteiger partial charge in [0, 0.05) is 18.2 Å². The van der Waals surface area contributed by atoms with Crippen LogP contribution >= 0.6 is 0 Å². The van der Waals surface area contributed by atoms with Gasteiger partial charge in [-0.25, -0.2) is 4.79 Å². The molecule has 12 nitrogen and oxygen atoms in total. The molecule has 2 rings (SSSR count). The summed E-state index contributed by atoms with van der Waals surface area (Å²) in [6, 6.07) is 6.55. The Morgan fingerprint density at radius 1 is 0.966 bits per heavy atom. The zero-order chi connectivity index (χ0) is 21.6. The number of hydrogen-bond donors (Lipinski definition) is 0. The van der Waals surface area contributed by atoms with Crippen molar-refractivity contribution in [2.24, 2.45) is 0 Å². The van der Waals surface area contributed by atoms with Crippen molar-refractivity contribution < 1.29 is 29.0 Å². The summed E-state index contributed by atoms with van der Waals surface area (Å²) in [5.41, 5.74) is -1.28. The molecule has 0 bridgehead atoms. The van der Waals surface area contributed by atoms with E-state index in [1.165, 1.54) is 24.3 Å². The van der Waals surface area contributed by atoms with Crippen LogP contribution in [0.3, 0.4) is 0 Å². The Morgan fingerprint density at radius 3 is 2.10 bits per heavy atom. The molecule has 0 radical (unpaired) electrons. The molecule has 29 heavy (non-hydrogen) atoms. The van der Waals surface area contributed by atoms with Gasteiger partial charge in [-0.2, -0.15) is 0 Å². The largest absolute Gasteiger partial charge is 0.490 e. The van der Waals surface area contributed by atoms with Crippen LogP contribution in [0.2, 0.25) is 0 Å². The SMILES string of the molecule is CCOc1cc(C=C[N+](=O)[O-])ccc1OC(=O)c1cc([N+](=O)[O-])cc([N+](=O)[O-])c1. The normalized spacial score (nSPS) is 10.5. The molecule has 0 aliphatic rings. The Balaban J connectivity index is 2.38. The maximum absolute atomic E-state index is 12.4. The number of nitro groups is 3. The fraction of sp³-hybridized carbons (Fsp3) is 0.118. The third kappa shape index (κ3) is 5.56. The molecular formula is C17H13N3O9. The molecule has 2 aromatic carbocycles. The van der Waals surface area contributed by atoms with Crippen molar-refractivity contribution in [2.75, 3.05) is 6.61 Å². The highest BCUT2D eigenvalue weighted by Crippen LogP contribution is 2.31. The number of esters is 1. The Hall–Kier alpha value is -4.35. The molecular weight excluding hydrogens is 390 g/mol. The summed E-state index contributed by atoms with van der Waals surface area (Å²) in [4.78, 5) is 42.3. The third-order valence-corrected chi connectivity index (χ3v) is 3.42. The van der Waals surface area contributed by atoms with E-state index in [0.717, 1.165) is 24.4 Å². The van der Waals surface area contributed by atoms with Crippen molar-refractivity contribution in [2.45, 2.75) is 6.92 Å². The van der Waals surface area contributed by atoms with E-state index in [2.05, 4.69) is 0 Å². The second-order valence-corrected chi connectivity index (χ2v) is 5.38. The fourth-order valence-electron chi connectivity index (χ4n) is 2.21. The first-order chi connectivity index (χ1) is 13.7. The van der Waals surface area contributed by atoms with Crippen LogP contribution in [-0.2, 0) is 0 Å². The Labute approximate surface area is 162 Å². The third-order valence-electron chi connectivity index (χ3n) is 3.42. The van der Waals surface area contributed by atoms with E-state index in [4.69, 9.17) is 9.47 Å². The van der Waals surface area contributed by atoms with E-state index in [9.17, 15) is 35.1 Å². The van der Waals surface area contributed by atoms with Crippen LogP contribution in [0, 0.1) is 30.3 Å². The number of rotatable bonds is 8. The summed E-state index contributed by atoms with van der Waals surface area (Å²) in [6.07, 6.45) is 1.93. The molecule has 0 aromatic heterocycles. The Morgan fingerprint density at radius 2 is 1.59 bits per heavy atom. The number of benzene rings is 2. The molecule has 0 aliphatic carbocycles. The van der Waals surface area contributed by atoms with Crippen LogP contribution in [-0.4, -0.2) is 27.3 Å². The zero-order valence-corrected chi connectivity index (χ0v) is 14.8. The van der Waals surface area contributed by atoms with Crippen molar-refractivity contribution in [3.05, 3.63) is 84.1 Å². The number of nitrogens with zero attached hydrogens (tertiary/aromatic N) is 3.